The van der Waals surface area contributed by atoms with Gasteiger partial charge in [-0.05, 0) is 0 Å². The molecule has 4 heteroatoms. The molecule has 0 unspecified atom stereocenters. The fourth-order valence-electron chi connectivity index (χ4n) is 0.576. The molecular formula is C9H5F3Mg. The first-order chi connectivity index (χ1) is 5.61. The Morgan fingerprint density at radius 2 is 1.54 bits per heavy atom. The molecule has 0 aliphatic heterocycles. The molecule has 0 atom stereocenters. The van der Waals surface area contributed by atoms with E-state index in [4.69, 9.17) is 6.42 Å². The van der Waals surface area contributed by atoms with Crippen molar-refractivity contribution in [1.29, 1.82) is 0 Å². The average molecular weight is 194 g/mol. The predicted octanol–water partition coefficient (Wildman–Crippen LogP) is 2.33. The maximum absolute atomic E-state index is 11.8. The van der Waals surface area contributed by atoms with Crippen LogP contribution in [0.5, 0.6) is 0 Å². The Morgan fingerprint density at radius 3 is 1.77 bits per heavy atom. The van der Waals surface area contributed by atoms with Gasteiger partial charge < -0.3 is 12.8 Å². The molecule has 0 heterocycles. The zero-order valence-corrected chi connectivity index (χ0v) is 8.14. The van der Waals surface area contributed by atoms with E-state index >= 15 is 0 Å². The number of alkyl halides is 3. The summed E-state index contributed by atoms with van der Waals surface area (Å²) in [5.41, 5.74) is -0.633. The van der Waals surface area contributed by atoms with Gasteiger partial charge in [0.2, 0.25) is 0 Å². The van der Waals surface area contributed by atoms with Crippen LogP contribution in [-0.2, 0) is 6.18 Å². The second-order valence-corrected chi connectivity index (χ2v) is 1.79. The van der Waals surface area contributed by atoms with Gasteiger partial charge in [0.25, 0.3) is 0 Å². The molecule has 1 aromatic carbocycles. The van der Waals surface area contributed by atoms with Crippen LogP contribution in [0.3, 0.4) is 0 Å². The van der Waals surface area contributed by atoms with Gasteiger partial charge in [-0.1, -0.05) is 5.56 Å². The van der Waals surface area contributed by atoms with Crippen LogP contribution in [0.1, 0.15) is 5.56 Å². The standard InChI is InChI=1S/C7H4F3.C2H.Mg/c8-7(9,10)6-4-2-1-3-5-6;1-2;/h2-5H;1H;/q2*-1;+2. The molecule has 0 saturated carbocycles. The zero-order chi connectivity index (χ0) is 9.61. The van der Waals surface area contributed by atoms with Crippen molar-refractivity contribution in [2.45, 2.75) is 6.18 Å². The van der Waals surface area contributed by atoms with Crippen LogP contribution in [-0.4, -0.2) is 23.1 Å². The van der Waals surface area contributed by atoms with Gasteiger partial charge in [0.15, 0.2) is 0 Å². The van der Waals surface area contributed by atoms with Crippen LogP contribution in [0.2, 0.25) is 0 Å². The molecule has 0 aliphatic carbocycles. The summed E-state index contributed by atoms with van der Waals surface area (Å²) in [5, 5.41) is 0. The number of halogens is 3. The van der Waals surface area contributed by atoms with E-state index in [1.165, 1.54) is 12.1 Å². The van der Waals surface area contributed by atoms with E-state index in [-0.39, 0.29) is 23.1 Å². The van der Waals surface area contributed by atoms with Gasteiger partial charge in [-0.2, -0.15) is 43.5 Å². The molecule has 0 nitrogen and oxygen atoms in total. The summed E-state index contributed by atoms with van der Waals surface area (Å²) in [7, 11) is 0. The molecule has 64 valence electrons. The Hall–Kier alpha value is -0.664. The third-order valence-corrected chi connectivity index (χ3v) is 1.05. The predicted molar refractivity (Wildman–Crippen MR) is 44.2 cm³/mol. The first kappa shape index (κ1) is 14.8. The summed E-state index contributed by atoms with van der Waals surface area (Å²) in [4.78, 5) is 0. The van der Waals surface area contributed by atoms with Crippen molar-refractivity contribution >= 4 is 23.1 Å². The van der Waals surface area contributed by atoms with Gasteiger partial charge in [-0.25, -0.2) is 0 Å². The minimum absolute atomic E-state index is 0. The van der Waals surface area contributed by atoms with E-state index in [0.717, 1.165) is 12.1 Å². The van der Waals surface area contributed by atoms with E-state index in [9.17, 15) is 13.2 Å². The molecule has 0 amide bonds. The summed E-state index contributed by atoms with van der Waals surface area (Å²) in [6.45, 7) is 0. The summed E-state index contributed by atoms with van der Waals surface area (Å²) < 4.78 is 35.3. The average Bonchev–Trinajstić information content (AvgIpc) is 2.08. The molecule has 0 saturated heterocycles. The van der Waals surface area contributed by atoms with Crippen molar-refractivity contribution in [3.05, 3.63) is 42.3 Å². The topological polar surface area (TPSA) is 0 Å². The summed E-state index contributed by atoms with van der Waals surface area (Å²) >= 11 is 0. The van der Waals surface area contributed by atoms with Crippen molar-refractivity contribution in [2.24, 2.45) is 0 Å². The fourth-order valence-corrected chi connectivity index (χ4v) is 0.576. The van der Waals surface area contributed by atoms with Gasteiger partial charge >= 0.3 is 29.2 Å². The Kier molecular flexibility index (Phi) is 7.77. The van der Waals surface area contributed by atoms with Crippen molar-refractivity contribution < 1.29 is 13.2 Å². The van der Waals surface area contributed by atoms with Gasteiger partial charge in [-0.3, -0.25) is 0 Å². The van der Waals surface area contributed by atoms with Crippen molar-refractivity contribution in [1.82, 2.24) is 0 Å². The maximum Gasteiger partial charge on any atom is 2.00 e. The Labute approximate surface area is 91.3 Å². The monoisotopic (exact) mass is 194 g/mol. The van der Waals surface area contributed by atoms with E-state index < -0.39 is 11.7 Å². The first-order valence-corrected chi connectivity index (χ1v) is 2.93. The minimum atomic E-state index is -4.23. The third kappa shape index (κ3) is 5.56. The normalized spacial score (nSPS) is 9.00. The van der Waals surface area contributed by atoms with Gasteiger partial charge in [0, 0.05) is 0 Å². The van der Waals surface area contributed by atoms with Gasteiger partial charge in [-0.15, -0.1) is 0 Å². The molecule has 0 bridgehead atoms. The molecule has 13 heavy (non-hydrogen) atoms. The Morgan fingerprint density at radius 1 is 1.15 bits per heavy atom. The SMILES string of the molecule is FC(F)(F)c1cc[c-]cc1.[C-]#C.[Mg+2]. The molecule has 1 aromatic rings. The quantitative estimate of drug-likeness (QED) is 0.338. The van der Waals surface area contributed by atoms with E-state index in [0.29, 0.717) is 0 Å². The zero-order valence-electron chi connectivity index (χ0n) is 6.73. The Bertz CT molecular complexity index is 238. The molecule has 0 N–H and O–H groups in total. The largest absolute Gasteiger partial charge is 2.00 e. The molecule has 0 spiro atoms. The second kappa shape index (κ2) is 6.81. The summed E-state index contributed by atoms with van der Waals surface area (Å²) in [6, 6.07) is 6.95. The second-order valence-electron chi connectivity index (χ2n) is 1.79. The van der Waals surface area contributed by atoms with Crippen molar-refractivity contribution in [2.75, 3.05) is 0 Å². The van der Waals surface area contributed by atoms with Crippen molar-refractivity contribution in [3.8, 4) is 6.42 Å². The number of hydrogen-bond acceptors (Lipinski definition) is 0. The molecule has 1 rings (SSSR count). The molecule has 0 radical (unpaired) electrons. The summed E-state index contributed by atoms with van der Waals surface area (Å²) in [5.74, 6) is 0. The van der Waals surface area contributed by atoms with Crippen LogP contribution in [0.25, 0.3) is 0 Å². The van der Waals surface area contributed by atoms with Crippen LogP contribution in [0, 0.1) is 18.9 Å². The smallest absolute Gasteiger partial charge is 0.697 e. The van der Waals surface area contributed by atoms with Crippen LogP contribution in [0.4, 0.5) is 13.2 Å². The van der Waals surface area contributed by atoms with Crippen LogP contribution in [0.15, 0.2) is 24.3 Å². The van der Waals surface area contributed by atoms with E-state index in [2.05, 4.69) is 12.5 Å². The fraction of sp³-hybridized carbons (Fsp3) is 0.111. The Balaban J connectivity index is 0. The van der Waals surface area contributed by atoms with E-state index in [1.54, 1.807) is 0 Å². The van der Waals surface area contributed by atoms with Crippen LogP contribution >= 0.6 is 0 Å². The van der Waals surface area contributed by atoms with Gasteiger partial charge in [0.1, 0.15) is 0 Å². The molecule has 0 aromatic heterocycles. The third-order valence-electron chi connectivity index (χ3n) is 1.05. The molecular weight excluding hydrogens is 189 g/mol. The first-order valence-electron chi connectivity index (χ1n) is 2.93. The molecule has 0 fully saturated rings. The summed E-state index contributed by atoms with van der Waals surface area (Å²) in [6.07, 6.45) is 4.77. The number of benzene rings is 1. The number of hydrogen-bond donors (Lipinski definition) is 0. The minimum Gasteiger partial charge on any atom is -0.697 e. The van der Waals surface area contributed by atoms with Crippen LogP contribution < -0.4 is 0 Å². The van der Waals surface area contributed by atoms with E-state index in [1.807, 2.05) is 0 Å². The molecule has 0 aliphatic rings. The van der Waals surface area contributed by atoms with Crippen molar-refractivity contribution in [3.63, 3.8) is 0 Å². The number of terminal acetylenes is 1. The van der Waals surface area contributed by atoms with Gasteiger partial charge in [0.05, 0.1) is 0 Å². The number of rotatable bonds is 0. The maximum atomic E-state index is 11.8.